The molecule has 1 aromatic heterocycles. The number of nitrogens with one attached hydrogen (secondary N) is 1. The van der Waals surface area contributed by atoms with E-state index in [4.69, 9.17) is 14.2 Å². The summed E-state index contributed by atoms with van der Waals surface area (Å²) in [5.41, 5.74) is 2.64. The molecule has 2 aromatic carbocycles. The van der Waals surface area contributed by atoms with E-state index < -0.39 is 0 Å². The second-order valence-electron chi connectivity index (χ2n) is 7.45. The van der Waals surface area contributed by atoms with Crippen molar-refractivity contribution in [1.82, 2.24) is 20.1 Å². The Bertz CT molecular complexity index is 1040. The molecule has 1 heterocycles. The molecule has 0 saturated heterocycles. The molecule has 0 spiro atoms. The Morgan fingerprint density at radius 3 is 2.58 bits per heavy atom. The molecule has 1 N–H and O–H groups in total. The zero-order valence-corrected chi connectivity index (χ0v) is 20.2. The van der Waals surface area contributed by atoms with Crippen LogP contribution in [0.25, 0.3) is 11.4 Å². The minimum absolute atomic E-state index is 0.0480. The molecule has 176 valence electrons. The van der Waals surface area contributed by atoms with Gasteiger partial charge in [0.2, 0.25) is 0 Å². The van der Waals surface area contributed by atoms with Crippen LogP contribution < -0.4 is 10.1 Å². The van der Waals surface area contributed by atoms with Gasteiger partial charge in [0.15, 0.2) is 11.0 Å². The third-order valence-electron chi connectivity index (χ3n) is 5.02. The highest BCUT2D eigenvalue weighted by molar-refractivity contribution is 7.98. The van der Waals surface area contributed by atoms with Crippen LogP contribution in [-0.2, 0) is 15.2 Å². The van der Waals surface area contributed by atoms with Gasteiger partial charge in [-0.25, -0.2) is 0 Å². The van der Waals surface area contributed by atoms with Gasteiger partial charge in [0.1, 0.15) is 5.75 Å². The molecule has 0 radical (unpaired) electrons. The molecule has 1 amide bonds. The fourth-order valence-corrected chi connectivity index (χ4v) is 4.31. The Balaban J connectivity index is 1.75. The molecule has 33 heavy (non-hydrogen) atoms. The Morgan fingerprint density at radius 1 is 1.09 bits per heavy atom. The molecule has 9 heteroatoms. The highest BCUT2D eigenvalue weighted by Crippen LogP contribution is 2.31. The summed E-state index contributed by atoms with van der Waals surface area (Å²) in [5, 5.41) is 12.6. The van der Waals surface area contributed by atoms with Gasteiger partial charge in [0.25, 0.3) is 5.91 Å². The number of amides is 1. The summed E-state index contributed by atoms with van der Waals surface area (Å²) in [4.78, 5) is 12.2. The molecular weight excluding hydrogens is 440 g/mol. The van der Waals surface area contributed by atoms with E-state index in [2.05, 4.69) is 27.0 Å². The quantitative estimate of drug-likeness (QED) is 0.318. The second kappa shape index (κ2) is 12.4. The number of methoxy groups -OCH3 is 3. The standard InChI is InChI=1S/C24H30N4O4S/c1-17(15-31-3)28-22(20-6-5-7-21(14-20)32-4)26-27-24(28)33-16-18-8-10-19(11-9-18)23(29)25-12-13-30-2/h5-11,14,17H,12-13,15-16H2,1-4H3,(H,25,29)/t17-/m0/s1. The lowest BCUT2D eigenvalue weighted by Gasteiger charge is -2.17. The summed E-state index contributed by atoms with van der Waals surface area (Å²) in [5.74, 6) is 2.12. The van der Waals surface area contributed by atoms with E-state index in [0.29, 0.717) is 31.1 Å². The largest absolute Gasteiger partial charge is 0.497 e. The van der Waals surface area contributed by atoms with Gasteiger partial charge < -0.3 is 19.5 Å². The second-order valence-corrected chi connectivity index (χ2v) is 8.39. The normalized spacial score (nSPS) is 11.9. The van der Waals surface area contributed by atoms with Crippen LogP contribution in [-0.4, -0.2) is 61.8 Å². The predicted octanol–water partition coefficient (Wildman–Crippen LogP) is 3.83. The molecule has 3 rings (SSSR count). The fraction of sp³-hybridized carbons (Fsp3) is 0.375. The van der Waals surface area contributed by atoms with Crippen molar-refractivity contribution in [1.29, 1.82) is 0 Å². The summed E-state index contributed by atoms with van der Waals surface area (Å²) in [7, 11) is 4.94. The number of hydrogen-bond acceptors (Lipinski definition) is 7. The van der Waals surface area contributed by atoms with Crippen LogP contribution in [0, 0.1) is 0 Å². The van der Waals surface area contributed by atoms with Gasteiger partial charge in [0, 0.05) is 37.6 Å². The van der Waals surface area contributed by atoms with E-state index in [1.54, 1.807) is 33.1 Å². The number of rotatable bonds is 12. The van der Waals surface area contributed by atoms with E-state index in [0.717, 1.165) is 27.9 Å². The van der Waals surface area contributed by atoms with Gasteiger partial charge in [-0.15, -0.1) is 10.2 Å². The van der Waals surface area contributed by atoms with E-state index in [1.165, 1.54) is 0 Å². The number of thioether (sulfide) groups is 1. The molecule has 0 fully saturated rings. The van der Waals surface area contributed by atoms with Crippen LogP contribution >= 0.6 is 11.8 Å². The highest BCUT2D eigenvalue weighted by atomic mass is 32.2. The molecule has 1 atom stereocenters. The number of carbonyl (C=O) groups is 1. The summed E-state index contributed by atoms with van der Waals surface area (Å²) < 4.78 is 17.8. The van der Waals surface area contributed by atoms with Crippen molar-refractivity contribution in [2.75, 3.05) is 41.1 Å². The van der Waals surface area contributed by atoms with Gasteiger partial charge in [-0.05, 0) is 36.8 Å². The first-order valence-electron chi connectivity index (χ1n) is 10.6. The van der Waals surface area contributed by atoms with Crippen LogP contribution in [0.1, 0.15) is 28.9 Å². The summed E-state index contributed by atoms with van der Waals surface area (Å²) in [6, 6.07) is 15.4. The number of ether oxygens (including phenoxy) is 3. The molecule has 8 nitrogen and oxygen atoms in total. The Labute approximate surface area is 198 Å². The van der Waals surface area contributed by atoms with Crippen LogP contribution in [0.2, 0.25) is 0 Å². The zero-order valence-electron chi connectivity index (χ0n) is 19.4. The van der Waals surface area contributed by atoms with Crippen molar-refractivity contribution in [3.05, 3.63) is 59.7 Å². The number of hydrogen-bond donors (Lipinski definition) is 1. The van der Waals surface area contributed by atoms with Crippen LogP contribution in [0.5, 0.6) is 5.75 Å². The lowest BCUT2D eigenvalue weighted by molar-refractivity contribution is 0.0937. The molecule has 0 aliphatic heterocycles. The van der Waals surface area contributed by atoms with Gasteiger partial charge in [-0.3, -0.25) is 9.36 Å². The Morgan fingerprint density at radius 2 is 1.88 bits per heavy atom. The van der Waals surface area contributed by atoms with Gasteiger partial charge in [-0.2, -0.15) is 0 Å². The average Bonchev–Trinajstić information content (AvgIpc) is 3.27. The van der Waals surface area contributed by atoms with Gasteiger partial charge >= 0.3 is 0 Å². The maximum Gasteiger partial charge on any atom is 0.251 e. The summed E-state index contributed by atoms with van der Waals surface area (Å²) in [6.07, 6.45) is 0. The van der Waals surface area contributed by atoms with Crippen molar-refractivity contribution in [2.24, 2.45) is 0 Å². The molecular formula is C24H30N4O4S. The maximum atomic E-state index is 12.2. The minimum Gasteiger partial charge on any atom is -0.497 e. The van der Waals surface area contributed by atoms with E-state index >= 15 is 0 Å². The minimum atomic E-state index is -0.109. The van der Waals surface area contributed by atoms with Gasteiger partial charge in [-0.1, -0.05) is 36.0 Å². The molecule has 0 unspecified atom stereocenters. The maximum absolute atomic E-state index is 12.2. The number of aromatic nitrogens is 3. The molecule has 3 aromatic rings. The number of carbonyl (C=O) groups excluding carboxylic acids is 1. The third kappa shape index (κ3) is 6.56. The summed E-state index contributed by atoms with van der Waals surface area (Å²) in [6.45, 7) is 3.59. The van der Waals surface area contributed by atoms with Crippen molar-refractivity contribution in [2.45, 2.75) is 23.9 Å². The summed E-state index contributed by atoms with van der Waals surface area (Å²) >= 11 is 1.60. The third-order valence-corrected chi connectivity index (χ3v) is 6.03. The van der Waals surface area contributed by atoms with E-state index in [9.17, 15) is 4.79 Å². The van der Waals surface area contributed by atoms with Crippen LogP contribution in [0.4, 0.5) is 0 Å². The Hall–Kier alpha value is -2.88. The molecule has 0 aliphatic rings. The van der Waals surface area contributed by atoms with E-state index in [-0.39, 0.29) is 11.9 Å². The molecule has 0 bridgehead atoms. The van der Waals surface area contributed by atoms with Crippen molar-refractivity contribution >= 4 is 17.7 Å². The highest BCUT2D eigenvalue weighted by Gasteiger charge is 2.20. The average molecular weight is 471 g/mol. The lowest BCUT2D eigenvalue weighted by atomic mass is 10.1. The number of benzene rings is 2. The zero-order chi connectivity index (χ0) is 23.6. The lowest BCUT2D eigenvalue weighted by Crippen LogP contribution is -2.26. The smallest absolute Gasteiger partial charge is 0.251 e. The Kier molecular flexibility index (Phi) is 9.29. The van der Waals surface area contributed by atoms with Crippen LogP contribution in [0.15, 0.2) is 53.7 Å². The first-order chi connectivity index (χ1) is 16.1. The monoisotopic (exact) mass is 470 g/mol. The SMILES string of the molecule is COCCNC(=O)c1ccc(CSc2nnc(-c3cccc(OC)c3)n2[C@@H](C)COC)cc1. The van der Waals surface area contributed by atoms with Crippen molar-refractivity contribution < 1.29 is 19.0 Å². The fourth-order valence-electron chi connectivity index (χ4n) is 3.32. The van der Waals surface area contributed by atoms with Gasteiger partial charge in [0.05, 0.1) is 26.4 Å². The first kappa shape index (κ1) is 24.8. The molecule has 0 aliphatic carbocycles. The van der Waals surface area contributed by atoms with Crippen molar-refractivity contribution in [3.8, 4) is 17.1 Å². The number of nitrogens with zero attached hydrogens (tertiary/aromatic N) is 3. The predicted molar refractivity (Wildman–Crippen MR) is 129 cm³/mol. The first-order valence-corrected chi connectivity index (χ1v) is 11.6. The van der Waals surface area contributed by atoms with Crippen molar-refractivity contribution in [3.63, 3.8) is 0 Å². The molecule has 0 saturated carbocycles. The topological polar surface area (TPSA) is 87.5 Å². The van der Waals surface area contributed by atoms with Crippen LogP contribution in [0.3, 0.4) is 0 Å². The van der Waals surface area contributed by atoms with E-state index in [1.807, 2.05) is 48.5 Å².